The molecule has 3 aromatic rings. The first-order valence-electron chi connectivity index (χ1n) is 9.06. The average Bonchev–Trinajstić information content (AvgIpc) is 2.69. The molecule has 0 aliphatic carbocycles. The maximum atomic E-state index is 12.7. The van der Waals surface area contributed by atoms with Gasteiger partial charge in [0.25, 0.3) is 5.69 Å². The zero-order valence-electron chi connectivity index (χ0n) is 16.7. The number of benzene rings is 3. The largest absolute Gasteiger partial charge is 0.379 e. The topological polar surface area (TPSA) is 121 Å². The van der Waals surface area contributed by atoms with Crippen LogP contribution in [-0.2, 0) is 25.7 Å². The second-order valence-electron chi connectivity index (χ2n) is 6.97. The average molecular weight is 462 g/mol. The van der Waals surface area contributed by atoms with Gasteiger partial charge in [0, 0.05) is 5.56 Å². The minimum Gasteiger partial charge on any atom is -0.379 e. The number of nitrogens with zero attached hydrogens (tertiary/aromatic N) is 1. The van der Waals surface area contributed by atoms with Crippen LogP contribution in [0, 0.1) is 24.0 Å². The first kappa shape index (κ1) is 22.4. The molecular formula is C21H19NO7S2. The molecule has 3 rings (SSSR count). The Bertz CT molecular complexity index is 1330. The molecule has 0 atom stereocenters. The Morgan fingerprint density at radius 1 is 0.806 bits per heavy atom. The molecular weight excluding hydrogens is 442 g/mol. The van der Waals surface area contributed by atoms with E-state index in [1.807, 2.05) is 6.92 Å². The van der Waals surface area contributed by atoms with Gasteiger partial charge in [-0.1, -0.05) is 35.4 Å². The minimum atomic E-state index is -4.21. The molecule has 0 amide bonds. The molecule has 0 bridgehead atoms. The van der Waals surface area contributed by atoms with Crippen LogP contribution in [-0.4, -0.2) is 21.8 Å². The number of aryl methyl sites for hydroxylation is 2. The maximum Gasteiger partial charge on any atom is 0.339 e. The third-order valence-corrected chi connectivity index (χ3v) is 7.44. The van der Waals surface area contributed by atoms with Crippen molar-refractivity contribution in [1.29, 1.82) is 0 Å². The summed E-state index contributed by atoms with van der Waals surface area (Å²) in [4.78, 5) is 10.7. The van der Waals surface area contributed by atoms with Crippen LogP contribution in [0.4, 0.5) is 5.69 Å². The SMILES string of the molecule is Cc1ccc(S(=O)(=O)Cc2ccc(OS(=O)(=O)c3ccc(C)cc3)cc2[N+](=O)[O-])cc1. The van der Waals surface area contributed by atoms with E-state index in [2.05, 4.69) is 0 Å². The van der Waals surface area contributed by atoms with E-state index >= 15 is 0 Å². The fourth-order valence-corrected chi connectivity index (χ4v) is 5.09. The van der Waals surface area contributed by atoms with Gasteiger partial charge in [-0.15, -0.1) is 0 Å². The molecule has 10 heteroatoms. The second-order valence-corrected chi connectivity index (χ2v) is 10.5. The van der Waals surface area contributed by atoms with Crippen molar-refractivity contribution < 1.29 is 25.9 Å². The van der Waals surface area contributed by atoms with E-state index in [-0.39, 0.29) is 21.1 Å². The molecule has 0 unspecified atom stereocenters. The molecule has 0 heterocycles. The molecule has 0 N–H and O–H groups in total. The zero-order valence-corrected chi connectivity index (χ0v) is 18.3. The normalized spacial score (nSPS) is 11.8. The van der Waals surface area contributed by atoms with Crippen LogP contribution in [0.2, 0.25) is 0 Å². The van der Waals surface area contributed by atoms with Gasteiger partial charge in [-0.05, 0) is 50.2 Å². The summed E-state index contributed by atoms with van der Waals surface area (Å²) < 4.78 is 55.2. The Balaban J connectivity index is 1.92. The van der Waals surface area contributed by atoms with Crippen molar-refractivity contribution in [2.45, 2.75) is 29.4 Å². The Labute approximate surface area is 180 Å². The van der Waals surface area contributed by atoms with Gasteiger partial charge >= 0.3 is 10.1 Å². The molecule has 0 radical (unpaired) electrons. The summed E-state index contributed by atoms with van der Waals surface area (Å²) in [5, 5.41) is 11.5. The van der Waals surface area contributed by atoms with Crippen molar-refractivity contribution in [3.8, 4) is 5.75 Å². The van der Waals surface area contributed by atoms with Crippen LogP contribution >= 0.6 is 0 Å². The summed E-state index contributed by atoms with van der Waals surface area (Å²) in [5.74, 6) is -0.902. The molecule has 31 heavy (non-hydrogen) atoms. The molecule has 0 aromatic heterocycles. The summed E-state index contributed by atoms with van der Waals surface area (Å²) in [6.45, 7) is 3.61. The van der Waals surface area contributed by atoms with Gasteiger partial charge in [-0.2, -0.15) is 8.42 Å². The highest BCUT2D eigenvalue weighted by Gasteiger charge is 2.24. The Morgan fingerprint density at radius 3 is 1.84 bits per heavy atom. The van der Waals surface area contributed by atoms with Crippen LogP contribution in [0.25, 0.3) is 0 Å². The Morgan fingerprint density at radius 2 is 1.32 bits per heavy atom. The number of rotatable bonds is 7. The summed E-state index contributed by atoms with van der Waals surface area (Å²) in [7, 11) is -8.05. The second kappa shape index (κ2) is 8.48. The predicted octanol–water partition coefficient (Wildman–Crippen LogP) is 3.95. The lowest BCUT2D eigenvalue weighted by Crippen LogP contribution is -2.11. The highest BCUT2D eigenvalue weighted by atomic mass is 32.2. The fourth-order valence-electron chi connectivity index (χ4n) is 2.80. The van der Waals surface area contributed by atoms with E-state index in [0.29, 0.717) is 0 Å². The van der Waals surface area contributed by atoms with Crippen LogP contribution in [0.1, 0.15) is 16.7 Å². The fraction of sp³-hybridized carbons (Fsp3) is 0.143. The summed E-state index contributed by atoms with van der Waals surface area (Å²) in [6.07, 6.45) is 0. The summed E-state index contributed by atoms with van der Waals surface area (Å²) in [5.41, 5.74) is 1.10. The van der Waals surface area contributed by atoms with Crippen molar-refractivity contribution in [3.63, 3.8) is 0 Å². The quantitative estimate of drug-likeness (QED) is 0.297. The third kappa shape index (κ3) is 5.28. The van der Waals surface area contributed by atoms with Crippen LogP contribution in [0.3, 0.4) is 0 Å². The third-order valence-electron chi connectivity index (χ3n) is 4.49. The molecule has 3 aromatic carbocycles. The Hall–Kier alpha value is -3.24. The van der Waals surface area contributed by atoms with E-state index in [1.165, 1.54) is 36.4 Å². The lowest BCUT2D eigenvalue weighted by molar-refractivity contribution is -0.385. The standard InChI is InChI=1S/C21H19NO7S2/c1-15-3-9-19(10-4-15)30(25,26)14-17-7-8-18(13-21(17)22(23)24)29-31(27,28)20-11-5-16(2)6-12-20/h3-13H,14H2,1-2H3. The van der Waals surface area contributed by atoms with E-state index in [0.717, 1.165) is 17.2 Å². The van der Waals surface area contributed by atoms with Crippen molar-refractivity contribution in [1.82, 2.24) is 0 Å². The number of hydrogen-bond acceptors (Lipinski definition) is 7. The zero-order chi connectivity index (χ0) is 22.8. The molecule has 0 fully saturated rings. The number of hydrogen-bond donors (Lipinski definition) is 0. The van der Waals surface area contributed by atoms with Crippen molar-refractivity contribution in [2.24, 2.45) is 0 Å². The number of nitro groups is 1. The predicted molar refractivity (Wildman–Crippen MR) is 114 cm³/mol. The number of nitro benzene ring substituents is 1. The maximum absolute atomic E-state index is 12.7. The van der Waals surface area contributed by atoms with Crippen molar-refractivity contribution in [2.75, 3.05) is 0 Å². The van der Waals surface area contributed by atoms with Gasteiger partial charge in [0.05, 0.1) is 21.6 Å². The van der Waals surface area contributed by atoms with Crippen LogP contribution < -0.4 is 4.18 Å². The van der Waals surface area contributed by atoms with E-state index in [1.54, 1.807) is 31.2 Å². The minimum absolute atomic E-state index is 0.0367. The highest BCUT2D eigenvalue weighted by molar-refractivity contribution is 7.90. The van der Waals surface area contributed by atoms with Crippen molar-refractivity contribution >= 4 is 25.6 Å². The first-order valence-corrected chi connectivity index (χ1v) is 12.1. The first-order chi connectivity index (χ1) is 14.5. The molecule has 162 valence electrons. The summed E-state index contributed by atoms with van der Waals surface area (Å²) in [6, 6.07) is 15.3. The van der Waals surface area contributed by atoms with Crippen LogP contribution in [0.5, 0.6) is 5.75 Å². The van der Waals surface area contributed by atoms with Gasteiger partial charge in [-0.25, -0.2) is 8.42 Å². The lowest BCUT2D eigenvalue weighted by Gasteiger charge is -2.10. The summed E-state index contributed by atoms with van der Waals surface area (Å²) >= 11 is 0. The number of sulfone groups is 1. The smallest absolute Gasteiger partial charge is 0.339 e. The molecule has 0 spiro atoms. The van der Waals surface area contributed by atoms with Crippen molar-refractivity contribution in [3.05, 3.63) is 93.5 Å². The van der Waals surface area contributed by atoms with Crippen LogP contribution in [0.15, 0.2) is 76.5 Å². The molecule has 0 aliphatic heterocycles. The molecule has 0 saturated carbocycles. The molecule has 8 nitrogen and oxygen atoms in total. The lowest BCUT2D eigenvalue weighted by atomic mass is 10.2. The Kier molecular flexibility index (Phi) is 6.14. The highest BCUT2D eigenvalue weighted by Crippen LogP contribution is 2.30. The van der Waals surface area contributed by atoms with Gasteiger partial charge in [0.1, 0.15) is 10.6 Å². The van der Waals surface area contributed by atoms with E-state index in [9.17, 15) is 26.9 Å². The van der Waals surface area contributed by atoms with Gasteiger partial charge in [-0.3, -0.25) is 10.1 Å². The van der Waals surface area contributed by atoms with E-state index in [4.69, 9.17) is 4.18 Å². The monoisotopic (exact) mass is 461 g/mol. The molecule has 0 saturated heterocycles. The van der Waals surface area contributed by atoms with Gasteiger partial charge < -0.3 is 4.18 Å². The van der Waals surface area contributed by atoms with E-state index < -0.39 is 36.3 Å². The molecule has 0 aliphatic rings. The van der Waals surface area contributed by atoms with Gasteiger partial charge in [0.2, 0.25) is 0 Å². The van der Waals surface area contributed by atoms with Gasteiger partial charge in [0.15, 0.2) is 9.84 Å².